The lowest BCUT2D eigenvalue weighted by molar-refractivity contribution is 0.0937. The van der Waals surface area contributed by atoms with Gasteiger partial charge in [0.1, 0.15) is 10.8 Å². The number of benzene rings is 3. The minimum atomic E-state index is -0.607. The van der Waals surface area contributed by atoms with Gasteiger partial charge in [0.25, 0.3) is 17.7 Å². The molecule has 1 atom stereocenters. The van der Waals surface area contributed by atoms with Gasteiger partial charge < -0.3 is 37.1 Å². The Balaban J connectivity index is 1.52. The van der Waals surface area contributed by atoms with Gasteiger partial charge in [-0.1, -0.05) is 35.9 Å². The molecule has 0 saturated carbocycles. The standard InChI is InChI=1S/C31H31ClN8O4/c1-34-29(42)18-9-7-17(8-10-18)21-14-26(44-2)25(13-22(21)30(43)37-19-11-12-35-15-19)39-31-36-16-23(32)28(40-31)38-24-6-4-3-5-20(24)27(33)41/h3-10,13-14,16,19,35H,11-12,15H2,1-2H3,(H2,33,41)(H,34,42)(H,37,43)(H2,36,38,39,40)/t19-/m0/s1. The first kappa shape index (κ1) is 30.3. The molecule has 1 aliphatic rings. The van der Waals surface area contributed by atoms with E-state index in [-0.39, 0.29) is 40.2 Å². The van der Waals surface area contributed by atoms with Crippen LogP contribution in [0.5, 0.6) is 5.75 Å². The highest BCUT2D eigenvalue weighted by Crippen LogP contribution is 2.36. The number of carbonyl (C=O) groups excluding carboxylic acids is 3. The van der Waals surface area contributed by atoms with E-state index in [1.165, 1.54) is 13.3 Å². The van der Waals surface area contributed by atoms with Crippen molar-refractivity contribution in [2.75, 3.05) is 37.9 Å². The van der Waals surface area contributed by atoms with Gasteiger partial charge in [-0.25, -0.2) is 4.98 Å². The Morgan fingerprint density at radius 3 is 2.45 bits per heavy atom. The van der Waals surface area contributed by atoms with Crippen LogP contribution >= 0.6 is 11.6 Å². The Hall–Kier alpha value is -5.20. The highest BCUT2D eigenvalue weighted by molar-refractivity contribution is 6.33. The van der Waals surface area contributed by atoms with Gasteiger partial charge in [0, 0.05) is 30.8 Å². The number of primary amides is 1. The van der Waals surface area contributed by atoms with Crippen LogP contribution < -0.4 is 37.1 Å². The van der Waals surface area contributed by atoms with E-state index < -0.39 is 5.91 Å². The summed E-state index contributed by atoms with van der Waals surface area (Å²) in [6.07, 6.45) is 2.22. The van der Waals surface area contributed by atoms with Crippen molar-refractivity contribution in [2.24, 2.45) is 5.73 Å². The molecular formula is C31H31ClN8O4. The quantitative estimate of drug-likeness (QED) is 0.155. The number of anilines is 4. The lowest BCUT2D eigenvalue weighted by Crippen LogP contribution is -2.36. The molecule has 0 radical (unpaired) electrons. The molecule has 3 amide bonds. The van der Waals surface area contributed by atoms with Gasteiger partial charge >= 0.3 is 0 Å². The first-order valence-electron chi connectivity index (χ1n) is 13.8. The predicted octanol–water partition coefficient (Wildman–Crippen LogP) is 3.84. The van der Waals surface area contributed by atoms with Crippen LogP contribution in [0.25, 0.3) is 11.1 Å². The van der Waals surface area contributed by atoms with Crippen LogP contribution in [0.3, 0.4) is 0 Å². The second-order valence-corrected chi connectivity index (χ2v) is 10.4. The molecule has 3 aromatic carbocycles. The van der Waals surface area contributed by atoms with Crippen LogP contribution in [0.4, 0.5) is 23.1 Å². The van der Waals surface area contributed by atoms with E-state index in [0.717, 1.165) is 18.5 Å². The summed E-state index contributed by atoms with van der Waals surface area (Å²) >= 11 is 6.38. The number of halogens is 1. The minimum Gasteiger partial charge on any atom is -0.495 e. The number of aromatic nitrogens is 2. The highest BCUT2D eigenvalue weighted by atomic mass is 35.5. The number of nitrogens with one attached hydrogen (secondary N) is 5. The number of rotatable bonds is 10. The summed E-state index contributed by atoms with van der Waals surface area (Å²) in [5, 5.41) is 15.3. The highest BCUT2D eigenvalue weighted by Gasteiger charge is 2.23. The van der Waals surface area contributed by atoms with Crippen molar-refractivity contribution in [2.45, 2.75) is 12.5 Å². The molecule has 1 aliphatic heterocycles. The fraction of sp³-hybridized carbons (Fsp3) is 0.194. The molecule has 1 fully saturated rings. The summed E-state index contributed by atoms with van der Waals surface area (Å²) < 4.78 is 5.70. The van der Waals surface area contributed by atoms with Crippen molar-refractivity contribution in [3.63, 3.8) is 0 Å². The number of hydrogen-bond donors (Lipinski definition) is 6. The van der Waals surface area contributed by atoms with Crippen LogP contribution in [0.2, 0.25) is 5.02 Å². The first-order chi connectivity index (χ1) is 21.3. The van der Waals surface area contributed by atoms with Gasteiger partial charge in [-0.2, -0.15) is 4.98 Å². The molecule has 7 N–H and O–H groups in total. The fourth-order valence-electron chi connectivity index (χ4n) is 4.83. The number of para-hydroxylation sites is 1. The first-order valence-corrected chi connectivity index (χ1v) is 14.2. The van der Waals surface area contributed by atoms with Gasteiger partial charge in [-0.15, -0.1) is 0 Å². The van der Waals surface area contributed by atoms with Crippen LogP contribution in [0.1, 0.15) is 37.5 Å². The Morgan fingerprint density at radius 2 is 1.77 bits per heavy atom. The normalized spacial score (nSPS) is 14.0. The van der Waals surface area contributed by atoms with E-state index in [1.54, 1.807) is 67.7 Å². The maximum atomic E-state index is 13.6. The second kappa shape index (κ2) is 13.4. The summed E-state index contributed by atoms with van der Waals surface area (Å²) in [6.45, 7) is 1.50. The van der Waals surface area contributed by atoms with E-state index in [0.29, 0.717) is 40.4 Å². The lowest BCUT2D eigenvalue weighted by atomic mass is 9.96. The molecular weight excluding hydrogens is 584 g/mol. The third-order valence-corrected chi connectivity index (χ3v) is 7.38. The Labute approximate surface area is 258 Å². The van der Waals surface area contributed by atoms with Gasteiger partial charge in [0.15, 0.2) is 5.82 Å². The van der Waals surface area contributed by atoms with Crippen molar-refractivity contribution in [1.82, 2.24) is 25.9 Å². The van der Waals surface area contributed by atoms with Crippen LogP contribution in [-0.4, -0.2) is 61.0 Å². The summed E-state index contributed by atoms with van der Waals surface area (Å²) in [4.78, 5) is 46.4. The maximum absolute atomic E-state index is 13.6. The monoisotopic (exact) mass is 614 g/mol. The van der Waals surface area contributed by atoms with Gasteiger partial charge in [-0.3, -0.25) is 14.4 Å². The third-order valence-electron chi connectivity index (χ3n) is 7.10. The molecule has 226 valence electrons. The molecule has 44 heavy (non-hydrogen) atoms. The summed E-state index contributed by atoms with van der Waals surface area (Å²) in [6, 6.07) is 17.1. The Kier molecular flexibility index (Phi) is 9.22. The summed E-state index contributed by atoms with van der Waals surface area (Å²) in [5.74, 6) is -0.282. The number of amides is 3. The van der Waals surface area contributed by atoms with E-state index in [9.17, 15) is 14.4 Å². The molecule has 13 heteroatoms. The predicted molar refractivity (Wildman–Crippen MR) is 169 cm³/mol. The largest absolute Gasteiger partial charge is 0.495 e. The van der Waals surface area contributed by atoms with Crippen LogP contribution in [0, 0.1) is 0 Å². The van der Waals surface area contributed by atoms with Crippen molar-refractivity contribution < 1.29 is 19.1 Å². The maximum Gasteiger partial charge on any atom is 0.252 e. The fourth-order valence-corrected chi connectivity index (χ4v) is 4.97. The van der Waals surface area contributed by atoms with E-state index in [1.807, 2.05) is 0 Å². The number of nitrogens with zero attached hydrogens (tertiary/aromatic N) is 2. The molecule has 1 saturated heterocycles. The van der Waals surface area contributed by atoms with Crippen molar-refractivity contribution in [3.05, 3.63) is 88.6 Å². The minimum absolute atomic E-state index is 0.0130. The number of hydrogen-bond acceptors (Lipinski definition) is 9. The third kappa shape index (κ3) is 6.72. The number of ether oxygens (including phenoxy) is 1. The molecule has 0 unspecified atom stereocenters. The SMILES string of the molecule is CNC(=O)c1ccc(-c2cc(OC)c(Nc3ncc(Cl)c(Nc4ccccc4C(N)=O)n3)cc2C(=O)N[C@H]2CCNC2)cc1. The molecule has 1 aromatic heterocycles. The zero-order chi connectivity index (χ0) is 31.2. The smallest absolute Gasteiger partial charge is 0.252 e. The van der Waals surface area contributed by atoms with Gasteiger partial charge in [0.05, 0.1) is 30.2 Å². The number of nitrogens with two attached hydrogens (primary N) is 1. The van der Waals surface area contributed by atoms with Crippen molar-refractivity contribution in [1.29, 1.82) is 0 Å². The van der Waals surface area contributed by atoms with Gasteiger partial charge in [-0.05, 0) is 60.5 Å². The average Bonchev–Trinajstić information content (AvgIpc) is 3.55. The molecule has 4 aromatic rings. The van der Waals surface area contributed by atoms with Crippen LogP contribution in [-0.2, 0) is 0 Å². The molecule has 5 rings (SSSR count). The summed E-state index contributed by atoms with van der Waals surface area (Å²) in [7, 11) is 3.08. The Morgan fingerprint density at radius 1 is 1.00 bits per heavy atom. The number of methoxy groups -OCH3 is 1. The van der Waals surface area contributed by atoms with E-state index in [4.69, 9.17) is 22.1 Å². The molecule has 0 aliphatic carbocycles. The van der Waals surface area contributed by atoms with E-state index >= 15 is 0 Å². The second-order valence-electron chi connectivity index (χ2n) is 9.97. The molecule has 12 nitrogen and oxygen atoms in total. The zero-order valence-corrected chi connectivity index (χ0v) is 24.8. The molecule has 0 spiro atoms. The van der Waals surface area contributed by atoms with Crippen molar-refractivity contribution in [3.8, 4) is 16.9 Å². The average molecular weight is 615 g/mol. The molecule has 2 heterocycles. The number of carbonyl (C=O) groups is 3. The topological polar surface area (TPSA) is 172 Å². The zero-order valence-electron chi connectivity index (χ0n) is 24.0. The van der Waals surface area contributed by atoms with E-state index in [2.05, 4.69) is 36.6 Å². The van der Waals surface area contributed by atoms with Gasteiger partial charge in [0.2, 0.25) is 5.95 Å². The Bertz CT molecular complexity index is 1710. The lowest BCUT2D eigenvalue weighted by Gasteiger charge is -2.19. The van der Waals surface area contributed by atoms with Crippen LogP contribution in [0.15, 0.2) is 66.9 Å². The summed E-state index contributed by atoms with van der Waals surface area (Å²) in [5.41, 5.74) is 8.85. The molecule has 0 bridgehead atoms. The van der Waals surface area contributed by atoms with Crippen molar-refractivity contribution >= 4 is 52.5 Å².